The normalized spacial score (nSPS) is 22.1. The quantitative estimate of drug-likeness (QED) is 0.698. The van der Waals surface area contributed by atoms with Crippen LogP contribution in [-0.2, 0) is 9.53 Å². The molecule has 90 valence electrons. The summed E-state index contributed by atoms with van der Waals surface area (Å²) in [6.07, 6.45) is 5.10. The van der Waals surface area contributed by atoms with Crippen molar-refractivity contribution in [3.63, 3.8) is 0 Å². The number of morpholine rings is 1. The maximum atomic E-state index is 11.7. The summed E-state index contributed by atoms with van der Waals surface area (Å²) in [5, 5.41) is 2.70. The SMILES string of the molecule is C#CCNC(=O)[C@@H](C)N1CCOC(C)(C)C1. The Bertz CT molecular complexity index is 294. The third-order valence-electron chi connectivity index (χ3n) is 2.75. The average Bonchev–Trinajstić information content (AvgIpc) is 2.23. The van der Waals surface area contributed by atoms with Crippen molar-refractivity contribution in [2.45, 2.75) is 32.4 Å². The van der Waals surface area contributed by atoms with Gasteiger partial charge in [-0.25, -0.2) is 0 Å². The molecule has 0 saturated carbocycles. The highest BCUT2D eigenvalue weighted by Crippen LogP contribution is 2.18. The van der Waals surface area contributed by atoms with E-state index in [0.717, 1.165) is 13.1 Å². The van der Waals surface area contributed by atoms with Gasteiger partial charge in [0.1, 0.15) is 0 Å². The fourth-order valence-electron chi connectivity index (χ4n) is 1.84. The molecule has 1 N–H and O–H groups in total. The van der Waals surface area contributed by atoms with Gasteiger partial charge in [-0.3, -0.25) is 9.69 Å². The number of amides is 1. The maximum absolute atomic E-state index is 11.7. The van der Waals surface area contributed by atoms with Crippen LogP contribution in [0.2, 0.25) is 0 Å². The molecule has 0 bridgehead atoms. The van der Waals surface area contributed by atoms with E-state index in [1.54, 1.807) is 0 Å². The standard InChI is InChI=1S/C12H20N2O2/c1-5-6-13-11(15)10(2)14-7-8-16-12(3,4)9-14/h1,10H,6-9H2,2-4H3,(H,13,15)/t10-/m1/s1. The summed E-state index contributed by atoms with van der Waals surface area (Å²) in [5.41, 5.74) is -0.182. The highest BCUT2D eigenvalue weighted by molar-refractivity contribution is 5.81. The Morgan fingerprint density at radius 2 is 2.38 bits per heavy atom. The van der Waals surface area contributed by atoms with Crippen molar-refractivity contribution >= 4 is 5.91 Å². The third kappa shape index (κ3) is 3.51. The van der Waals surface area contributed by atoms with Crippen molar-refractivity contribution in [1.29, 1.82) is 0 Å². The van der Waals surface area contributed by atoms with Crippen molar-refractivity contribution in [2.75, 3.05) is 26.2 Å². The Morgan fingerprint density at radius 3 is 2.94 bits per heavy atom. The van der Waals surface area contributed by atoms with Gasteiger partial charge in [-0.05, 0) is 20.8 Å². The fourth-order valence-corrected chi connectivity index (χ4v) is 1.84. The average molecular weight is 224 g/mol. The van der Waals surface area contributed by atoms with Gasteiger partial charge in [0.15, 0.2) is 0 Å². The Hall–Kier alpha value is -1.05. The van der Waals surface area contributed by atoms with E-state index in [9.17, 15) is 4.79 Å². The Morgan fingerprint density at radius 1 is 1.69 bits per heavy atom. The molecule has 1 aliphatic heterocycles. The van der Waals surface area contributed by atoms with Gasteiger partial charge < -0.3 is 10.1 Å². The lowest BCUT2D eigenvalue weighted by atomic mass is 10.1. The molecule has 16 heavy (non-hydrogen) atoms. The van der Waals surface area contributed by atoms with Crippen molar-refractivity contribution in [1.82, 2.24) is 10.2 Å². The smallest absolute Gasteiger partial charge is 0.237 e. The number of rotatable bonds is 3. The molecular formula is C12H20N2O2. The van der Waals surface area contributed by atoms with Gasteiger partial charge in [-0.1, -0.05) is 5.92 Å². The van der Waals surface area contributed by atoms with Gasteiger partial charge in [0, 0.05) is 13.1 Å². The first-order valence-electron chi connectivity index (χ1n) is 5.55. The first-order valence-corrected chi connectivity index (χ1v) is 5.55. The van der Waals surface area contributed by atoms with Gasteiger partial charge in [0.2, 0.25) is 5.91 Å². The monoisotopic (exact) mass is 224 g/mol. The molecule has 1 atom stereocenters. The van der Waals surface area contributed by atoms with Crippen LogP contribution in [0.15, 0.2) is 0 Å². The van der Waals surface area contributed by atoms with Crippen molar-refractivity contribution in [3.05, 3.63) is 0 Å². The number of carbonyl (C=O) groups excluding carboxylic acids is 1. The van der Waals surface area contributed by atoms with Crippen LogP contribution in [0, 0.1) is 12.3 Å². The summed E-state index contributed by atoms with van der Waals surface area (Å²) in [5.74, 6) is 2.38. The van der Waals surface area contributed by atoms with Gasteiger partial charge in [0.05, 0.1) is 24.8 Å². The van der Waals surface area contributed by atoms with Gasteiger partial charge >= 0.3 is 0 Å². The lowest BCUT2D eigenvalue weighted by Crippen LogP contribution is -2.55. The Balaban J connectivity index is 2.50. The highest BCUT2D eigenvalue weighted by Gasteiger charge is 2.31. The molecule has 4 heteroatoms. The van der Waals surface area contributed by atoms with Crippen LogP contribution in [0.25, 0.3) is 0 Å². The van der Waals surface area contributed by atoms with E-state index < -0.39 is 0 Å². The van der Waals surface area contributed by atoms with Gasteiger partial charge in [-0.2, -0.15) is 0 Å². The predicted molar refractivity (Wildman–Crippen MR) is 62.9 cm³/mol. The summed E-state index contributed by atoms with van der Waals surface area (Å²) < 4.78 is 5.60. The number of terminal acetylenes is 1. The second-order valence-electron chi connectivity index (χ2n) is 4.68. The molecule has 1 amide bonds. The molecule has 1 fully saturated rings. The zero-order chi connectivity index (χ0) is 12.2. The summed E-state index contributed by atoms with van der Waals surface area (Å²) in [4.78, 5) is 13.8. The van der Waals surface area contributed by atoms with Gasteiger partial charge in [-0.15, -0.1) is 6.42 Å². The molecule has 0 aliphatic carbocycles. The van der Waals surface area contributed by atoms with E-state index in [1.807, 2.05) is 20.8 Å². The zero-order valence-corrected chi connectivity index (χ0v) is 10.2. The van der Waals surface area contributed by atoms with Crippen LogP contribution < -0.4 is 5.32 Å². The summed E-state index contributed by atoms with van der Waals surface area (Å²) >= 11 is 0. The van der Waals surface area contributed by atoms with Crippen LogP contribution in [-0.4, -0.2) is 48.7 Å². The fraction of sp³-hybridized carbons (Fsp3) is 0.750. The highest BCUT2D eigenvalue weighted by atomic mass is 16.5. The second-order valence-corrected chi connectivity index (χ2v) is 4.68. The summed E-state index contributed by atoms with van der Waals surface area (Å²) in [6, 6.07) is -0.156. The van der Waals surface area contributed by atoms with Crippen molar-refractivity contribution in [2.24, 2.45) is 0 Å². The topological polar surface area (TPSA) is 41.6 Å². The first kappa shape index (κ1) is 13.0. The largest absolute Gasteiger partial charge is 0.373 e. The molecule has 4 nitrogen and oxygen atoms in total. The molecule has 1 aliphatic rings. The van der Waals surface area contributed by atoms with E-state index in [1.165, 1.54) is 0 Å². The number of hydrogen-bond donors (Lipinski definition) is 1. The molecule has 0 spiro atoms. The number of ether oxygens (including phenoxy) is 1. The third-order valence-corrected chi connectivity index (χ3v) is 2.75. The minimum atomic E-state index is -0.182. The molecule has 0 radical (unpaired) electrons. The van der Waals surface area contributed by atoms with Crippen LogP contribution in [0.1, 0.15) is 20.8 Å². The van der Waals surface area contributed by atoms with Crippen molar-refractivity contribution in [3.8, 4) is 12.3 Å². The van der Waals surface area contributed by atoms with E-state index >= 15 is 0 Å². The molecule has 0 aromatic rings. The number of nitrogens with one attached hydrogen (secondary N) is 1. The van der Waals surface area contributed by atoms with Crippen LogP contribution in [0.5, 0.6) is 0 Å². The molecule has 1 rings (SSSR count). The van der Waals surface area contributed by atoms with Crippen molar-refractivity contribution < 1.29 is 9.53 Å². The van der Waals surface area contributed by atoms with Crippen LogP contribution in [0.4, 0.5) is 0 Å². The molecular weight excluding hydrogens is 204 g/mol. The molecule has 1 saturated heterocycles. The summed E-state index contributed by atoms with van der Waals surface area (Å²) in [6.45, 7) is 8.46. The lowest BCUT2D eigenvalue weighted by Gasteiger charge is -2.40. The minimum absolute atomic E-state index is 0.0179. The summed E-state index contributed by atoms with van der Waals surface area (Å²) in [7, 11) is 0. The van der Waals surface area contributed by atoms with Gasteiger partial charge in [0.25, 0.3) is 0 Å². The van der Waals surface area contributed by atoms with Crippen LogP contribution >= 0.6 is 0 Å². The predicted octanol–water partition coefficient (Wildman–Crippen LogP) is 0.235. The molecule has 0 unspecified atom stereocenters. The lowest BCUT2D eigenvalue weighted by molar-refractivity contribution is -0.133. The molecule has 0 aromatic heterocycles. The number of hydrogen-bond acceptors (Lipinski definition) is 3. The number of carbonyl (C=O) groups is 1. The molecule has 0 aromatic carbocycles. The zero-order valence-electron chi connectivity index (χ0n) is 10.2. The Labute approximate surface area is 97.3 Å². The minimum Gasteiger partial charge on any atom is -0.373 e. The second kappa shape index (κ2) is 5.33. The van der Waals surface area contributed by atoms with E-state index in [-0.39, 0.29) is 24.1 Å². The maximum Gasteiger partial charge on any atom is 0.237 e. The van der Waals surface area contributed by atoms with Crippen LogP contribution in [0.3, 0.4) is 0 Å². The Kier molecular flexibility index (Phi) is 4.34. The first-order chi connectivity index (χ1) is 7.46. The van der Waals surface area contributed by atoms with E-state index in [4.69, 9.17) is 11.2 Å². The van der Waals surface area contributed by atoms with E-state index in [2.05, 4.69) is 16.1 Å². The molecule has 1 heterocycles. The van der Waals surface area contributed by atoms with E-state index in [0.29, 0.717) is 6.61 Å². The number of nitrogens with zero attached hydrogens (tertiary/aromatic N) is 1.